The highest BCUT2D eigenvalue weighted by Crippen LogP contribution is 2.28. The van der Waals surface area contributed by atoms with Crippen molar-refractivity contribution in [2.45, 2.75) is 58.4 Å². The Labute approximate surface area is 178 Å². The summed E-state index contributed by atoms with van der Waals surface area (Å²) >= 11 is 6.22. The molecule has 2 rings (SSSR count). The minimum absolute atomic E-state index is 0.0338. The highest BCUT2D eigenvalue weighted by molar-refractivity contribution is 7.92. The molecule has 0 saturated heterocycles. The second kappa shape index (κ2) is 8.36. The lowest BCUT2D eigenvalue weighted by Crippen LogP contribution is -2.45. The number of carbonyl (C=O) groups is 1. The van der Waals surface area contributed by atoms with Crippen LogP contribution in [-0.4, -0.2) is 19.9 Å². The molecule has 0 aliphatic rings. The predicted octanol–water partition coefficient (Wildman–Crippen LogP) is 5.39. The lowest BCUT2D eigenvalue weighted by molar-refractivity contribution is 0.0891. The summed E-state index contributed by atoms with van der Waals surface area (Å²) in [7, 11) is -3.77. The topological polar surface area (TPSA) is 75.3 Å². The van der Waals surface area contributed by atoms with Crippen molar-refractivity contribution in [2.24, 2.45) is 5.41 Å². The Bertz CT molecular complexity index is 992. The standard InChI is InChI=1S/C22H29ClN2O3S/c1-15-7-10-17(11-8-15)29(27,28)25-16-9-12-19(23)18(13-16)20(26)24-22(5,6)14-21(2,3)4/h7-13,25H,14H2,1-6H3,(H,24,26). The summed E-state index contributed by atoms with van der Waals surface area (Å²) in [6.07, 6.45) is 0.767. The maximum Gasteiger partial charge on any atom is 0.261 e. The van der Waals surface area contributed by atoms with Gasteiger partial charge in [0.15, 0.2) is 0 Å². The van der Waals surface area contributed by atoms with Gasteiger partial charge in [0.1, 0.15) is 0 Å². The first-order chi connectivity index (χ1) is 13.2. The average molecular weight is 437 g/mol. The molecule has 0 spiro atoms. The average Bonchev–Trinajstić information content (AvgIpc) is 2.54. The molecule has 0 aliphatic heterocycles. The first kappa shape index (κ1) is 23.2. The van der Waals surface area contributed by atoms with Crippen molar-refractivity contribution in [1.29, 1.82) is 0 Å². The van der Waals surface area contributed by atoms with E-state index in [1.165, 1.54) is 30.3 Å². The number of nitrogens with one attached hydrogen (secondary N) is 2. The summed E-state index contributed by atoms with van der Waals surface area (Å²) in [6, 6.07) is 11.0. The Morgan fingerprint density at radius 1 is 1.00 bits per heavy atom. The van der Waals surface area contributed by atoms with E-state index in [1.807, 2.05) is 20.8 Å². The third-order valence-electron chi connectivity index (χ3n) is 4.22. The van der Waals surface area contributed by atoms with E-state index < -0.39 is 15.6 Å². The second-order valence-corrected chi connectivity index (χ2v) is 11.3. The molecule has 158 valence electrons. The summed E-state index contributed by atoms with van der Waals surface area (Å²) in [5.74, 6) is -0.347. The SMILES string of the molecule is Cc1ccc(S(=O)(=O)Nc2ccc(Cl)c(C(=O)NC(C)(C)CC(C)(C)C)c2)cc1. The maximum absolute atomic E-state index is 12.8. The quantitative estimate of drug-likeness (QED) is 0.637. The van der Waals surface area contributed by atoms with Crippen LogP contribution in [0.1, 0.15) is 57.0 Å². The smallest absolute Gasteiger partial charge is 0.261 e. The number of carbonyl (C=O) groups excluding carboxylic acids is 1. The summed E-state index contributed by atoms with van der Waals surface area (Å²) < 4.78 is 27.8. The second-order valence-electron chi connectivity index (χ2n) is 9.19. The number of sulfonamides is 1. The van der Waals surface area contributed by atoms with Crippen LogP contribution in [0, 0.1) is 12.3 Å². The normalized spacial score (nSPS) is 12.5. The molecule has 29 heavy (non-hydrogen) atoms. The number of rotatable bonds is 6. The van der Waals surface area contributed by atoms with Gasteiger partial charge in [0.25, 0.3) is 15.9 Å². The minimum Gasteiger partial charge on any atom is -0.347 e. The molecular formula is C22H29ClN2O3S. The Balaban J connectivity index is 2.25. The molecule has 0 unspecified atom stereocenters. The predicted molar refractivity (Wildman–Crippen MR) is 119 cm³/mol. The zero-order valence-corrected chi connectivity index (χ0v) is 19.3. The summed E-state index contributed by atoms with van der Waals surface area (Å²) in [5.41, 5.74) is 1.04. The third-order valence-corrected chi connectivity index (χ3v) is 5.95. The Kier molecular flexibility index (Phi) is 6.70. The fraction of sp³-hybridized carbons (Fsp3) is 0.409. The molecule has 5 nitrogen and oxygen atoms in total. The Morgan fingerprint density at radius 3 is 2.14 bits per heavy atom. The fourth-order valence-electron chi connectivity index (χ4n) is 3.44. The van der Waals surface area contributed by atoms with Gasteiger partial charge in [0.2, 0.25) is 0 Å². The molecule has 0 fully saturated rings. The van der Waals surface area contributed by atoms with Gasteiger partial charge in [-0.3, -0.25) is 9.52 Å². The summed E-state index contributed by atoms with van der Waals surface area (Å²) in [6.45, 7) is 12.1. The first-order valence-electron chi connectivity index (χ1n) is 9.40. The van der Waals surface area contributed by atoms with E-state index in [4.69, 9.17) is 11.6 Å². The van der Waals surface area contributed by atoms with Gasteiger partial charge >= 0.3 is 0 Å². The van der Waals surface area contributed by atoms with Crippen LogP contribution in [0.3, 0.4) is 0 Å². The largest absolute Gasteiger partial charge is 0.347 e. The Morgan fingerprint density at radius 2 is 1.59 bits per heavy atom. The van der Waals surface area contributed by atoms with Crippen LogP contribution in [0.4, 0.5) is 5.69 Å². The molecule has 0 saturated carbocycles. The van der Waals surface area contributed by atoms with Crippen LogP contribution in [0.2, 0.25) is 5.02 Å². The van der Waals surface area contributed by atoms with Gasteiger partial charge in [-0.15, -0.1) is 0 Å². The lowest BCUT2D eigenvalue weighted by Gasteiger charge is -2.33. The molecule has 2 aromatic rings. The number of halogens is 1. The maximum atomic E-state index is 12.8. The van der Waals surface area contributed by atoms with Crippen LogP contribution < -0.4 is 10.0 Å². The number of aryl methyl sites for hydroxylation is 1. The minimum atomic E-state index is -3.77. The summed E-state index contributed by atoms with van der Waals surface area (Å²) in [4.78, 5) is 13.0. The van der Waals surface area contributed by atoms with E-state index in [2.05, 4.69) is 30.8 Å². The molecule has 7 heteroatoms. The van der Waals surface area contributed by atoms with Crippen molar-refractivity contribution in [3.63, 3.8) is 0 Å². The van der Waals surface area contributed by atoms with Crippen molar-refractivity contribution < 1.29 is 13.2 Å². The van der Waals surface area contributed by atoms with Crippen LogP contribution in [-0.2, 0) is 10.0 Å². The van der Waals surface area contributed by atoms with E-state index in [1.54, 1.807) is 12.1 Å². The number of amides is 1. The fourth-order valence-corrected chi connectivity index (χ4v) is 4.69. The van der Waals surface area contributed by atoms with Crippen molar-refractivity contribution >= 4 is 33.2 Å². The van der Waals surface area contributed by atoms with E-state index >= 15 is 0 Å². The van der Waals surface area contributed by atoms with Gasteiger partial charge in [0, 0.05) is 11.2 Å². The van der Waals surface area contributed by atoms with Crippen LogP contribution >= 0.6 is 11.6 Å². The molecule has 0 heterocycles. The highest BCUT2D eigenvalue weighted by atomic mass is 35.5. The van der Waals surface area contributed by atoms with E-state index in [9.17, 15) is 13.2 Å². The van der Waals surface area contributed by atoms with Crippen molar-refractivity contribution in [1.82, 2.24) is 5.32 Å². The lowest BCUT2D eigenvalue weighted by atomic mass is 9.81. The van der Waals surface area contributed by atoms with Crippen LogP contribution in [0.15, 0.2) is 47.4 Å². The zero-order chi connectivity index (χ0) is 22.0. The molecule has 0 radical (unpaired) electrons. The van der Waals surface area contributed by atoms with Crippen molar-refractivity contribution in [2.75, 3.05) is 4.72 Å². The van der Waals surface area contributed by atoms with Gasteiger partial charge < -0.3 is 5.32 Å². The van der Waals surface area contributed by atoms with Gasteiger partial charge in [0.05, 0.1) is 15.5 Å². The van der Waals surface area contributed by atoms with Crippen LogP contribution in [0.25, 0.3) is 0 Å². The molecule has 0 bridgehead atoms. The number of hydrogen-bond donors (Lipinski definition) is 2. The van der Waals surface area contributed by atoms with Gasteiger partial charge in [-0.2, -0.15) is 0 Å². The molecular weight excluding hydrogens is 408 g/mol. The number of benzene rings is 2. The number of hydrogen-bond acceptors (Lipinski definition) is 3. The van der Waals surface area contributed by atoms with Crippen molar-refractivity contribution in [3.05, 3.63) is 58.6 Å². The van der Waals surface area contributed by atoms with E-state index in [-0.39, 0.29) is 32.5 Å². The van der Waals surface area contributed by atoms with Gasteiger partial charge in [-0.05, 0) is 62.9 Å². The molecule has 0 atom stereocenters. The van der Waals surface area contributed by atoms with E-state index in [0.29, 0.717) is 0 Å². The van der Waals surface area contributed by atoms with Crippen molar-refractivity contribution in [3.8, 4) is 0 Å². The molecule has 2 N–H and O–H groups in total. The van der Waals surface area contributed by atoms with Gasteiger partial charge in [-0.1, -0.05) is 50.1 Å². The number of anilines is 1. The van der Waals surface area contributed by atoms with Gasteiger partial charge in [-0.25, -0.2) is 8.42 Å². The third kappa shape index (κ3) is 6.75. The molecule has 0 aromatic heterocycles. The molecule has 1 amide bonds. The Hall–Kier alpha value is -2.05. The molecule has 0 aliphatic carbocycles. The summed E-state index contributed by atoms with van der Waals surface area (Å²) in [5, 5.41) is 3.25. The first-order valence-corrected chi connectivity index (χ1v) is 11.3. The molecule has 2 aromatic carbocycles. The zero-order valence-electron chi connectivity index (χ0n) is 17.8. The van der Waals surface area contributed by atoms with Crippen LogP contribution in [0.5, 0.6) is 0 Å². The van der Waals surface area contributed by atoms with E-state index in [0.717, 1.165) is 12.0 Å². The highest BCUT2D eigenvalue weighted by Gasteiger charge is 2.28. The monoisotopic (exact) mass is 436 g/mol.